The lowest BCUT2D eigenvalue weighted by Crippen LogP contribution is -2.45. The summed E-state index contributed by atoms with van der Waals surface area (Å²) in [6.45, 7) is 1.16. The van der Waals surface area contributed by atoms with Crippen molar-refractivity contribution in [1.82, 2.24) is 10.2 Å². The summed E-state index contributed by atoms with van der Waals surface area (Å²) in [7, 11) is 0. The molecule has 1 heterocycles. The van der Waals surface area contributed by atoms with Gasteiger partial charge in [-0.05, 0) is 18.1 Å². The van der Waals surface area contributed by atoms with E-state index >= 15 is 0 Å². The third-order valence-electron chi connectivity index (χ3n) is 4.18. The van der Waals surface area contributed by atoms with Crippen LogP contribution in [-0.2, 0) is 19.9 Å². The third-order valence-corrected chi connectivity index (χ3v) is 4.55. The standard InChI is InChI=1S/C19H17BrN2O4/c1-13(20)16(23)26-12-22-17(24)19(21-18(22)25,14-8-4-2-5-9-14)15-10-6-3-7-11-15/h2-11,13H,12H2,1H3,(H,21,25). The second-order valence-corrected chi connectivity index (χ2v) is 7.23. The first-order valence-corrected chi connectivity index (χ1v) is 8.94. The minimum atomic E-state index is -1.36. The van der Waals surface area contributed by atoms with Crippen LogP contribution in [0.1, 0.15) is 18.1 Å². The number of ether oxygens (including phenoxy) is 1. The van der Waals surface area contributed by atoms with Crippen LogP contribution in [-0.4, -0.2) is 34.4 Å². The molecule has 1 atom stereocenters. The summed E-state index contributed by atoms with van der Waals surface area (Å²) in [6.07, 6.45) is 0. The van der Waals surface area contributed by atoms with Crippen molar-refractivity contribution in [2.45, 2.75) is 17.3 Å². The van der Waals surface area contributed by atoms with Gasteiger partial charge in [0.25, 0.3) is 5.91 Å². The van der Waals surface area contributed by atoms with E-state index in [0.717, 1.165) is 4.90 Å². The number of alkyl halides is 1. The Hall–Kier alpha value is -2.67. The fourth-order valence-electron chi connectivity index (χ4n) is 2.87. The number of carbonyl (C=O) groups is 3. The molecule has 1 unspecified atom stereocenters. The number of imide groups is 1. The highest BCUT2D eigenvalue weighted by Gasteiger charge is 2.54. The molecular weight excluding hydrogens is 400 g/mol. The number of urea groups is 1. The maximum Gasteiger partial charge on any atom is 0.328 e. The normalized spacial score (nSPS) is 16.9. The Morgan fingerprint density at radius 2 is 1.58 bits per heavy atom. The number of hydrogen-bond donors (Lipinski definition) is 1. The molecule has 134 valence electrons. The molecule has 0 aliphatic carbocycles. The van der Waals surface area contributed by atoms with E-state index in [1.54, 1.807) is 55.5 Å². The van der Waals surface area contributed by atoms with Gasteiger partial charge in [-0.1, -0.05) is 76.6 Å². The van der Waals surface area contributed by atoms with E-state index in [-0.39, 0.29) is 0 Å². The van der Waals surface area contributed by atoms with Crippen molar-refractivity contribution in [3.8, 4) is 0 Å². The molecule has 0 bridgehead atoms. The van der Waals surface area contributed by atoms with Gasteiger partial charge in [0.05, 0.1) is 0 Å². The number of benzene rings is 2. The summed E-state index contributed by atoms with van der Waals surface area (Å²) in [6, 6.07) is 17.4. The van der Waals surface area contributed by atoms with Crippen molar-refractivity contribution in [2.75, 3.05) is 6.73 Å². The molecule has 3 amide bonds. The van der Waals surface area contributed by atoms with Crippen molar-refractivity contribution in [3.05, 3.63) is 71.8 Å². The number of hydrogen-bond acceptors (Lipinski definition) is 4. The smallest absolute Gasteiger partial charge is 0.328 e. The lowest BCUT2D eigenvalue weighted by atomic mass is 9.83. The van der Waals surface area contributed by atoms with E-state index < -0.39 is 35.0 Å². The van der Waals surface area contributed by atoms with Crippen LogP contribution in [0.2, 0.25) is 0 Å². The topological polar surface area (TPSA) is 75.7 Å². The van der Waals surface area contributed by atoms with E-state index in [0.29, 0.717) is 11.1 Å². The summed E-state index contributed by atoms with van der Waals surface area (Å²) in [5.41, 5.74) is -0.0917. The van der Waals surface area contributed by atoms with E-state index in [9.17, 15) is 14.4 Å². The van der Waals surface area contributed by atoms with Gasteiger partial charge < -0.3 is 10.1 Å². The Morgan fingerprint density at radius 1 is 1.08 bits per heavy atom. The van der Waals surface area contributed by atoms with Gasteiger partial charge in [0.1, 0.15) is 4.83 Å². The molecule has 3 rings (SSSR count). The van der Waals surface area contributed by atoms with Crippen LogP contribution in [0.25, 0.3) is 0 Å². The van der Waals surface area contributed by atoms with Gasteiger partial charge in [-0.2, -0.15) is 0 Å². The van der Waals surface area contributed by atoms with Crippen molar-refractivity contribution in [3.63, 3.8) is 0 Å². The summed E-state index contributed by atoms with van der Waals surface area (Å²) in [5, 5.41) is 2.79. The molecule has 0 spiro atoms. The van der Waals surface area contributed by atoms with Gasteiger partial charge in [0.15, 0.2) is 12.3 Å². The molecule has 0 aromatic heterocycles. The van der Waals surface area contributed by atoms with Crippen LogP contribution in [0.4, 0.5) is 4.79 Å². The van der Waals surface area contributed by atoms with E-state index in [1.165, 1.54) is 0 Å². The van der Waals surface area contributed by atoms with E-state index in [4.69, 9.17) is 4.74 Å². The second kappa shape index (κ2) is 7.29. The van der Waals surface area contributed by atoms with E-state index in [2.05, 4.69) is 21.2 Å². The van der Waals surface area contributed by atoms with Crippen molar-refractivity contribution in [1.29, 1.82) is 0 Å². The molecule has 26 heavy (non-hydrogen) atoms. The lowest BCUT2D eigenvalue weighted by molar-refractivity contribution is -0.149. The van der Waals surface area contributed by atoms with Crippen LogP contribution in [0, 0.1) is 0 Å². The van der Waals surface area contributed by atoms with Gasteiger partial charge in [-0.15, -0.1) is 0 Å². The number of nitrogens with zero attached hydrogens (tertiary/aromatic N) is 1. The molecule has 0 radical (unpaired) electrons. The number of esters is 1. The van der Waals surface area contributed by atoms with Crippen molar-refractivity contribution >= 4 is 33.8 Å². The summed E-state index contributed by atoms with van der Waals surface area (Å²) in [4.78, 5) is 37.8. The Bertz CT molecular complexity index is 784. The molecule has 1 fully saturated rings. The first-order chi connectivity index (χ1) is 12.5. The zero-order valence-electron chi connectivity index (χ0n) is 14.0. The Balaban J connectivity index is 2.00. The molecule has 0 saturated carbocycles. The van der Waals surface area contributed by atoms with Gasteiger partial charge in [0.2, 0.25) is 0 Å². The quantitative estimate of drug-likeness (QED) is 0.461. The Kier molecular flexibility index (Phi) is 5.08. The molecule has 2 aromatic rings. The maximum atomic E-state index is 13.3. The zero-order valence-corrected chi connectivity index (χ0v) is 15.6. The molecule has 6 nitrogen and oxygen atoms in total. The average Bonchev–Trinajstić information content (AvgIpc) is 2.92. The van der Waals surface area contributed by atoms with Crippen molar-refractivity contribution in [2.24, 2.45) is 0 Å². The largest absolute Gasteiger partial charge is 0.443 e. The average molecular weight is 417 g/mol. The molecule has 1 aliphatic rings. The van der Waals surface area contributed by atoms with Crippen LogP contribution in [0.15, 0.2) is 60.7 Å². The number of nitrogens with one attached hydrogen (secondary N) is 1. The fourth-order valence-corrected chi connectivity index (χ4v) is 3.00. The number of rotatable bonds is 5. The highest BCUT2D eigenvalue weighted by atomic mass is 79.9. The number of amides is 3. The van der Waals surface area contributed by atoms with Gasteiger partial charge in [0, 0.05) is 0 Å². The van der Waals surface area contributed by atoms with Gasteiger partial charge >= 0.3 is 12.0 Å². The molecule has 1 saturated heterocycles. The molecule has 2 aromatic carbocycles. The van der Waals surface area contributed by atoms with Gasteiger partial charge in [-0.25, -0.2) is 9.69 Å². The van der Waals surface area contributed by atoms with Crippen LogP contribution >= 0.6 is 15.9 Å². The highest BCUT2D eigenvalue weighted by molar-refractivity contribution is 9.10. The zero-order chi connectivity index (χ0) is 18.7. The van der Waals surface area contributed by atoms with Crippen LogP contribution in [0.3, 0.4) is 0 Å². The van der Waals surface area contributed by atoms with Crippen LogP contribution < -0.4 is 5.32 Å². The van der Waals surface area contributed by atoms with E-state index in [1.807, 2.05) is 12.1 Å². The predicted molar refractivity (Wildman–Crippen MR) is 98.4 cm³/mol. The SMILES string of the molecule is CC(Br)C(=O)OCN1C(=O)NC(c2ccccc2)(c2ccccc2)C1=O. The molecular formula is C19H17BrN2O4. The van der Waals surface area contributed by atoms with Crippen molar-refractivity contribution < 1.29 is 19.1 Å². The lowest BCUT2D eigenvalue weighted by Gasteiger charge is -2.27. The third kappa shape index (κ3) is 3.10. The maximum absolute atomic E-state index is 13.3. The first kappa shape index (κ1) is 18.1. The second-order valence-electron chi connectivity index (χ2n) is 5.85. The monoisotopic (exact) mass is 416 g/mol. The Labute approximate surface area is 159 Å². The van der Waals surface area contributed by atoms with Gasteiger partial charge in [-0.3, -0.25) is 9.59 Å². The molecule has 1 aliphatic heterocycles. The highest BCUT2D eigenvalue weighted by Crippen LogP contribution is 2.35. The minimum Gasteiger partial charge on any atom is -0.443 e. The first-order valence-electron chi connectivity index (χ1n) is 8.02. The summed E-state index contributed by atoms with van der Waals surface area (Å²) in [5.74, 6) is -1.04. The summed E-state index contributed by atoms with van der Waals surface area (Å²) < 4.78 is 5.05. The summed E-state index contributed by atoms with van der Waals surface area (Å²) >= 11 is 3.10. The predicted octanol–water partition coefficient (Wildman–Crippen LogP) is 2.77. The minimum absolute atomic E-state index is 0.444. The Morgan fingerprint density at radius 3 is 2.04 bits per heavy atom. The number of carbonyl (C=O) groups excluding carboxylic acids is 3. The fraction of sp³-hybridized carbons (Fsp3) is 0.211. The molecule has 7 heteroatoms. The molecule has 1 N–H and O–H groups in total. The number of halogens is 1. The van der Waals surface area contributed by atoms with Crippen LogP contribution in [0.5, 0.6) is 0 Å².